The summed E-state index contributed by atoms with van der Waals surface area (Å²) in [7, 11) is 0. The van der Waals surface area contributed by atoms with Gasteiger partial charge in [-0.05, 0) is 37.1 Å². The van der Waals surface area contributed by atoms with Gasteiger partial charge in [0.2, 0.25) is 5.95 Å². The number of aromatic nitrogens is 3. The molecule has 1 aromatic carbocycles. The SMILES string of the molecule is C=CCOc1c(Cl)cc(Cl)cc1CNC1CCCN(c2nc3nc(Cl)ccc3[nH]2)C1. The van der Waals surface area contributed by atoms with Crippen molar-refractivity contribution in [2.75, 3.05) is 24.6 Å². The number of benzene rings is 1. The molecule has 4 rings (SSSR count). The van der Waals surface area contributed by atoms with Gasteiger partial charge < -0.3 is 19.9 Å². The molecule has 0 bridgehead atoms. The average Bonchev–Trinajstić information content (AvgIpc) is 3.15. The Kier molecular flexibility index (Phi) is 6.68. The van der Waals surface area contributed by atoms with Gasteiger partial charge in [-0.3, -0.25) is 0 Å². The number of pyridine rings is 1. The van der Waals surface area contributed by atoms with Crippen LogP contribution < -0.4 is 15.0 Å². The number of ether oxygens (including phenoxy) is 1. The van der Waals surface area contributed by atoms with Crippen LogP contribution in [0.15, 0.2) is 36.9 Å². The summed E-state index contributed by atoms with van der Waals surface area (Å²) in [5.74, 6) is 1.45. The van der Waals surface area contributed by atoms with Crippen molar-refractivity contribution in [1.82, 2.24) is 20.3 Å². The molecule has 0 saturated carbocycles. The maximum absolute atomic E-state index is 6.34. The van der Waals surface area contributed by atoms with Gasteiger partial charge in [-0.25, -0.2) is 4.98 Å². The van der Waals surface area contributed by atoms with E-state index < -0.39 is 0 Å². The summed E-state index contributed by atoms with van der Waals surface area (Å²) in [6.07, 6.45) is 3.81. The molecule has 1 aliphatic heterocycles. The number of fused-ring (bicyclic) bond motifs is 1. The van der Waals surface area contributed by atoms with Gasteiger partial charge in [-0.1, -0.05) is 47.5 Å². The standard InChI is InChI=1S/C21H22Cl3N5O/c1-2-8-30-19-13(9-14(22)10-16(19)23)11-25-15-4-3-7-29(12-15)21-26-17-5-6-18(24)27-20(17)28-21/h2,5-6,9-10,15,25H,1,3-4,7-8,11-12H2,(H,26,27,28). The Morgan fingerprint density at radius 1 is 1.27 bits per heavy atom. The molecule has 1 aliphatic rings. The first-order chi connectivity index (χ1) is 14.5. The van der Waals surface area contributed by atoms with E-state index in [0.29, 0.717) is 39.7 Å². The van der Waals surface area contributed by atoms with Crippen molar-refractivity contribution in [1.29, 1.82) is 0 Å². The van der Waals surface area contributed by atoms with Crippen LogP contribution in [-0.2, 0) is 6.54 Å². The van der Waals surface area contributed by atoms with Crippen molar-refractivity contribution in [3.8, 4) is 5.75 Å². The van der Waals surface area contributed by atoms with Crippen molar-refractivity contribution in [3.63, 3.8) is 0 Å². The van der Waals surface area contributed by atoms with Gasteiger partial charge in [-0.15, -0.1) is 0 Å². The van der Waals surface area contributed by atoms with Gasteiger partial charge in [0.15, 0.2) is 5.65 Å². The van der Waals surface area contributed by atoms with Crippen LogP contribution in [0.1, 0.15) is 18.4 Å². The molecule has 0 aliphatic carbocycles. The summed E-state index contributed by atoms with van der Waals surface area (Å²) in [5.41, 5.74) is 2.43. The average molecular weight is 467 g/mol. The van der Waals surface area contributed by atoms with E-state index in [2.05, 4.69) is 31.7 Å². The molecule has 6 nitrogen and oxygen atoms in total. The number of aromatic amines is 1. The van der Waals surface area contributed by atoms with E-state index in [0.717, 1.165) is 43.0 Å². The number of nitrogens with one attached hydrogen (secondary N) is 2. The fraction of sp³-hybridized carbons (Fsp3) is 0.333. The zero-order valence-corrected chi connectivity index (χ0v) is 18.6. The van der Waals surface area contributed by atoms with Crippen LogP contribution >= 0.6 is 34.8 Å². The molecule has 158 valence electrons. The molecule has 30 heavy (non-hydrogen) atoms. The Morgan fingerprint density at radius 2 is 2.13 bits per heavy atom. The zero-order chi connectivity index (χ0) is 21.1. The summed E-state index contributed by atoms with van der Waals surface area (Å²) in [4.78, 5) is 14.4. The summed E-state index contributed by atoms with van der Waals surface area (Å²) in [6, 6.07) is 7.51. The minimum absolute atomic E-state index is 0.286. The third-order valence-electron chi connectivity index (χ3n) is 5.03. The molecule has 2 N–H and O–H groups in total. The van der Waals surface area contributed by atoms with E-state index in [1.165, 1.54) is 0 Å². The van der Waals surface area contributed by atoms with Crippen LogP contribution in [0.2, 0.25) is 15.2 Å². The number of rotatable bonds is 7. The van der Waals surface area contributed by atoms with Crippen LogP contribution in [0, 0.1) is 0 Å². The lowest BCUT2D eigenvalue weighted by molar-refractivity contribution is 0.354. The highest BCUT2D eigenvalue weighted by Gasteiger charge is 2.23. The lowest BCUT2D eigenvalue weighted by Gasteiger charge is -2.33. The minimum atomic E-state index is 0.286. The number of halogens is 3. The van der Waals surface area contributed by atoms with Crippen molar-refractivity contribution in [2.45, 2.75) is 25.4 Å². The zero-order valence-electron chi connectivity index (χ0n) is 16.3. The van der Waals surface area contributed by atoms with Gasteiger partial charge in [-0.2, -0.15) is 4.98 Å². The van der Waals surface area contributed by atoms with E-state index >= 15 is 0 Å². The largest absolute Gasteiger partial charge is 0.488 e. The van der Waals surface area contributed by atoms with Gasteiger partial charge >= 0.3 is 0 Å². The fourth-order valence-corrected chi connectivity index (χ4v) is 4.38. The van der Waals surface area contributed by atoms with Gasteiger partial charge in [0.05, 0.1) is 10.5 Å². The molecule has 2 aromatic heterocycles. The number of H-pyrrole nitrogens is 1. The first kappa shape index (κ1) is 21.2. The Morgan fingerprint density at radius 3 is 2.97 bits per heavy atom. The molecule has 9 heteroatoms. The highest BCUT2D eigenvalue weighted by Crippen LogP contribution is 2.33. The molecule has 1 fully saturated rings. The molecule has 3 heterocycles. The van der Waals surface area contributed by atoms with Crippen LogP contribution in [0.5, 0.6) is 5.75 Å². The van der Waals surface area contributed by atoms with Crippen LogP contribution in [0.25, 0.3) is 11.2 Å². The predicted octanol–water partition coefficient (Wildman–Crippen LogP) is 5.24. The lowest BCUT2D eigenvalue weighted by atomic mass is 10.1. The van der Waals surface area contributed by atoms with E-state index in [9.17, 15) is 0 Å². The smallest absolute Gasteiger partial charge is 0.205 e. The topological polar surface area (TPSA) is 66.1 Å². The molecule has 0 spiro atoms. The van der Waals surface area contributed by atoms with E-state index in [-0.39, 0.29) is 6.04 Å². The maximum atomic E-state index is 6.34. The Balaban J connectivity index is 1.45. The van der Waals surface area contributed by atoms with Crippen molar-refractivity contribution in [2.24, 2.45) is 0 Å². The molecule has 0 radical (unpaired) electrons. The number of nitrogens with zero attached hydrogens (tertiary/aromatic N) is 3. The number of anilines is 1. The van der Waals surface area contributed by atoms with Crippen molar-refractivity contribution in [3.05, 3.63) is 57.7 Å². The third kappa shape index (κ3) is 4.83. The lowest BCUT2D eigenvalue weighted by Crippen LogP contribution is -2.46. The third-order valence-corrected chi connectivity index (χ3v) is 5.74. The minimum Gasteiger partial charge on any atom is -0.488 e. The molecular formula is C21H22Cl3N5O. The summed E-state index contributed by atoms with van der Waals surface area (Å²) in [6.45, 7) is 6.44. The normalized spacial score (nSPS) is 16.8. The predicted molar refractivity (Wildman–Crippen MR) is 123 cm³/mol. The molecule has 0 amide bonds. The van der Waals surface area contributed by atoms with Crippen LogP contribution in [0.3, 0.4) is 0 Å². The number of imidazole rings is 1. The number of hydrogen-bond acceptors (Lipinski definition) is 5. The first-order valence-electron chi connectivity index (χ1n) is 9.75. The van der Waals surface area contributed by atoms with Gasteiger partial charge in [0, 0.05) is 36.3 Å². The van der Waals surface area contributed by atoms with E-state index in [1.54, 1.807) is 18.2 Å². The highest BCUT2D eigenvalue weighted by molar-refractivity contribution is 6.35. The molecule has 1 unspecified atom stereocenters. The second-order valence-electron chi connectivity index (χ2n) is 7.21. The first-order valence-corrected chi connectivity index (χ1v) is 10.9. The van der Waals surface area contributed by atoms with Gasteiger partial charge in [0.1, 0.15) is 17.5 Å². The summed E-state index contributed by atoms with van der Waals surface area (Å²) in [5, 5.41) is 5.13. The monoisotopic (exact) mass is 465 g/mol. The quantitative estimate of drug-likeness (QED) is 0.368. The van der Waals surface area contributed by atoms with Crippen molar-refractivity contribution >= 4 is 51.9 Å². The van der Waals surface area contributed by atoms with E-state index in [4.69, 9.17) is 39.5 Å². The number of piperidine rings is 1. The Labute approximate surface area is 190 Å². The summed E-state index contributed by atoms with van der Waals surface area (Å²) >= 11 is 18.5. The Bertz CT molecular complexity index is 1050. The van der Waals surface area contributed by atoms with E-state index in [1.807, 2.05) is 12.1 Å². The van der Waals surface area contributed by atoms with Crippen molar-refractivity contribution < 1.29 is 4.74 Å². The highest BCUT2D eigenvalue weighted by atomic mass is 35.5. The second-order valence-corrected chi connectivity index (χ2v) is 8.44. The van der Waals surface area contributed by atoms with Crippen LogP contribution in [-0.4, -0.2) is 40.7 Å². The maximum Gasteiger partial charge on any atom is 0.205 e. The Hall–Kier alpha value is -1.99. The summed E-state index contributed by atoms with van der Waals surface area (Å²) < 4.78 is 5.75. The molecule has 1 atom stereocenters. The van der Waals surface area contributed by atoms with Crippen LogP contribution in [0.4, 0.5) is 5.95 Å². The number of hydrogen-bond donors (Lipinski definition) is 2. The molecule has 1 saturated heterocycles. The molecular weight excluding hydrogens is 445 g/mol. The fourth-order valence-electron chi connectivity index (χ4n) is 3.65. The van der Waals surface area contributed by atoms with Gasteiger partial charge in [0.25, 0.3) is 0 Å². The molecule has 3 aromatic rings. The second kappa shape index (κ2) is 9.43.